The Kier molecular flexibility index (Phi) is 5.97. The number of hydrogen-bond donors (Lipinski definition) is 1. The molecule has 1 aliphatic rings. The zero-order valence-electron chi connectivity index (χ0n) is 17.0. The minimum absolute atomic E-state index is 0.0834. The molecule has 0 aliphatic carbocycles. The van der Waals surface area contributed by atoms with Crippen LogP contribution in [0.3, 0.4) is 0 Å². The number of nitrogens with one attached hydrogen (secondary N) is 1. The Morgan fingerprint density at radius 2 is 1.84 bits per heavy atom. The van der Waals surface area contributed by atoms with Crippen LogP contribution in [0.4, 0.5) is 10.1 Å². The molecule has 7 nitrogen and oxygen atoms in total. The Morgan fingerprint density at radius 1 is 1.16 bits per heavy atom. The van der Waals surface area contributed by atoms with E-state index in [0.717, 1.165) is 6.42 Å². The molecule has 8 heteroatoms. The Labute approximate surface area is 178 Å². The first-order valence-corrected chi connectivity index (χ1v) is 10.0. The highest BCUT2D eigenvalue weighted by Crippen LogP contribution is 2.25. The van der Waals surface area contributed by atoms with Crippen molar-refractivity contribution in [1.82, 2.24) is 10.1 Å². The van der Waals surface area contributed by atoms with Gasteiger partial charge in [-0.1, -0.05) is 5.16 Å². The number of ether oxygens (including phenoxy) is 1. The molecule has 0 saturated carbocycles. The molecular formula is C23H22FN3O4. The normalized spacial score (nSPS) is 15.7. The maximum absolute atomic E-state index is 13.0. The third kappa shape index (κ3) is 5.09. The molecular weight excluding hydrogens is 401 g/mol. The zero-order chi connectivity index (χ0) is 21.8. The molecule has 0 spiro atoms. The molecule has 1 fully saturated rings. The minimum Gasteiger partial charge on any atom is -0.457 e. The van der Waals surface area contributed by atoms with E-state index in [2.05, 4.69) is 10.5 Å². The third-order valence-corrected chi connectivity index (χ3v) is 5.05. The number of aromatic nitrogens is 1. The second-order valence-corrected chi connectivity index (χ2v) is 7.43. The van der Waals surface area contributed by atoms with Gasteiger partial charge in [0.25, 0.3) is 0 Å². The lowest BCUT2D eigenvalue weighted by Crippen LogP contribution is -2.43. The van der Waals surface area contributed by atoms with E-state index in [0.29, 0.717) is 41.6 Å². The van der Waals surface area contributed by atoms with Crippen LogP contribution >= 0.6 is 0 Å². The summed E-state index contributed by atoms with van der Waals surface area (Å²) in [4.78, 5) is 27.0. The summed E-state index contributed by atoms with van der Waals surface area (Å²) in [6, 6.07) is 13.8. The highest BCUT2D eigenvalue weighted by atomic mass is 19.1. The number of carbonyl (C=O) groups is 2. The standard InChI is InChI=1S/C23H22FN3O4/c1-15-13-20(31-26-15)14-22(28)27-12-2-3-21(27)23(29)25-17-6-10-19(11-7-17)30-18-8-4-16(24)5-9-18/h4-11,13,21H,2-3,12,14H2,1H3,(H,25,29). The number of carbonyl (C=O) groups excluding carboxylic acids is 2. The minimum atomic E-state index is -0.522. The molecule has 1 N–H and O–H groups in total. The first-order valence-electron chi connectivity index (χ1n) is 10.0. The van der Waals surface area contributed by atoms with Crippen molar-refractivity contribution in [2.75, 3.05) is 11.9 Å². The van der Waals surface area contributed by atoms with E-state index < -0.39 is 6.04 Å². The van der Waals surface area contributed by atoms with Crippen LogP contribution in [0.15, 0.2) is 59.1 Å². The van der Waals surface area contributed by atoms with Gasteiger partial charge < -0.3 is 19.5 Å². The van der Waals surface area contributed by atoms with Gasteiger partial charge in [-0.05, 0) is 68.3 Å². The SMILES string of the molecule is Cc1cc(CC(=O)N2CCCC2C(=O)Nc2ccc(Oc3ccc(F)cc3)cc2)on1. The Hall–Kier alpha value is -3.68. The van der Waals surface area contributed by atoms with Gasteiger partial charge in [0.05, 0.1) is 12.1 Å². The highest BCUT2D eigenvalue weighted by Gasteiger charge is 2.34. The summed E-state index contributed by atoms with van der Waals surface area (Å²) in [5.74, 6) is 0.847. The van der Waals surface area contributed by atoms with Gasteiger partial charge in [-0.3, -0.25) is 9.59 Å². The number of rotatable bonds is 6. The van der Waals surface area contributed by atoms with E-state index in [9.17, 15) is 14.0 Å². The average molecular weight is 423 g/mol. The van der Waals surface area contributed by atoms with Crippen molar-refractivity contribution >= 4 is 17.5 Å². The van der Waals surface area contributed by atoms with Gasteiger partial charge >= 0.3 is 0 Å². The summed E-state index contributed by atoms with van der Waals surface area (Å²) in [6.07, 6.45) is 1.46. The fourth-order valence-electron chi connectivity index (χ4n) is 3.56. The summed E-state index contributed by atoms with van der Waals surface area (Å²) in [5, 5.41) is 6.65. The highest BCUT2D eigenvalue weighted by molar-refractivity contribution is 5.97. The second-order valence-electron chi connectivity index (χ2n) is 7.43. The Bertz CT molecular complexity index is 1060. The van der Waals surface area contributed by atoms with Crippen molar-refractivity contribution in [2.24, 2.45) is 0 Å². The topological polar surface area (TPSA) is 84.7 Å². The lowest BCUT2D eigenvalue weighted by molar-refractivity contribution is -0.136. The van der Waals surface area contributed by atoms with E-state index in [-0.39, 0.29) is 24.1 Å². The van der Waals surface area contributed by atoms with Crippen LogP contribution in [0, 0.1) is 12.7 Å². The smallest absolute Gasteiger partial charge is 0.247 e. The number of amides is 2. The van der Waals surface area contributed by atoms with E-state index in [4.69, 9.17) is 9.26 Å². The maximum Gasteiger partial charge on any atom is 0.247 e. The quantitative estimate of drug-likeness (QED) is 0.646. The number of likely N-dealkylation sites (tertiary alicyclic amines) is 1. The first-order chi connectivity index (χ1) is 15.0. The van der Waals surface area contributed by atoms with Gasteiger partial charge in [0.1, 0.15) is 29.1 Å². The van der Waals surface area contributed by atoms with Gasteiger partial charge in [-0.25, -0.2) is 4.39 Å². The lowest BCUT2D eigenvalue weighted by Gasteiger charge is -2.23. The Morgan fingerprint density at radius 3 is 2.48 bits per heavy atom. The van der Waals surface area contributed by atoms with Gasteiger partial charge in [0.2, 0.25) is 11.8 Å². The fourth-order valence-corrected chi connectivity index (χ4v) is 3.56. The van der Waals surface area contributed by atoms with Crippen LogP contribution in [0.25, 0.3) is 0 Å². The summed E-state index contributed by atoms with van der Waals surface area (Å²) < 4.78 is 23.8. The predicted molar refractivity (Wildman–Crippen MR) is 111 cm³/mol. The van der Waals surface area contributed by atoms with Crippen LogP contribution < -0.4 is 10.1 Å². The number of nitrogens with zero attached hydrogens (tertiary/aromatic N) is 2. The van der Waals surface area contributed by atoms with E-state index in [1.807, 2.05) is 0 Å². The lowest BCUT2D eigenvalue weighted by atomic mass is 10.2. The maximum atomic E-state index is 13.0. The monoisotopic (exact) mass is 423 g/mol. The van der Waals surface area contributed by atoms with Gasteiger partial charge in [-0.2, -0.15) is 0 Å². The number of benzene rings is 2. The van der Waals surface area contributed by atoms with Crippen LogP contribution in [0.1, 0.15) is 24.3 Å². The summed E-state index contributed by atoms with van der Waals surface area (Å²) in [6.45, 7) is 2.33. The van der Waals surface area contributed by atoms with E-state index in [1.54, 1.807) is 42.2 Å². The van der Waals surface area contributed by atoms with Gasteiger partial charge in [0, 0.05) is 18.3 Å². The number of aryl methyl sites for hydroxylation is 1. The van der Waals surface area contributed by atoms with Crippen molar-refractivity contribution in [3.05, 3.63) is 71.9 Å². The molecule has 1 saturated heterocycles. The molecule has 1 aromatic heterocycles. The van der Waals surface area contributed by atoms with Gasteiger partial charge in [0.15, 0.2) is 0 Å². The molecule has 1 unspecified atom stereocenters. The molecule has 3 aromatic rings. The predicted octanol–water partition coefficient (Wildman–Crippen LogP) is 4.09. The molecule has 160 valence electrons. The summed E-state index contributed by atoms with van der Waals surface area (Å²) in [5.41, 5.74) is 1.31. The first kappa shape index (κ1) is 20.6. The fraction of sp³-hybridized carbons (Fsp3) is 0.261. The molecule has 1 atom stereocenters. The molecule has 1 aliphatic heterocycles. The van der Waals surface area contributed by atoms with Crippen molar-refractivity contribution in [1.29, 1.82) is 0 Å². The van der Waals surface area contributed by atoms with Crippen molar-refractivity contribution in [2.45, 2.75) is 32.2 Å². The molecule has 2 aromatic carbocycles. The Balaban J connectivity index is 1.35. The van der Waals surface area contributed by atoms with Gasteiger partial charge in [-0.15, -0.1) is 0 Å². The molecule has 4 rings (SSSR count). The summed E-state index contributed by atoms with van der Waals surface area (Å²) in [7, 11) is 0. The number of anilines is 1. The molecule has 0 bridgehead atoms. The number of hydrogen-bond acceptors (Lipinski definition) is 5. The van der Waals surface area contributed by atoms with Crippen LogP contribution in [0.5, 0.6) is 11.5 Å². The number of halogens is 1. The van der Waals surface area contributed by atoms with E-state index >= 15 is 0 Å². The third-order valence-electron chi connectivity index (χ3n) is 5.05. The molecule has 2 amide bonds. The van der Waals surface area contributed by atoms with Crippen LogP contribution in [0.2, 0.25) is 0 Å². The van der Waals surface area contributed by atoms with Crippen molar-refractivity contribution in [3.63, 3.8) is 0 Å². The van der Waals surface area contributed by atoms with Crippen LogP contribution in [-0.2, 0) is 16.0 Å². The summed E-state index contributed by atoms with van der Waals surface area (Å²) >= 11 is 0. The largest absolute Gasteiger partial charge is 0.457 e. The van der Waals surface area contributed by atoms with Crippen molar-refractivity contribution in [3.8, 4) is 11.5 Å². The molecule has 2 heterocycles. The van der Waals surface area contributed by atoms with Crippen LogP contribution in [-0.4, -0.2) is 34.5 Å². The van der Waals surface area contributed by atoms with E-state index in [1.165, 1.54) is 24.3 Å². The molecule has 31 heavy (non-hydrogen) atoms. The van der Waals surface area contributed by atoms with Crippen molar-refractivity contribution < 1.29 is 23.2 Å². The zero-order valence-corrected chi connectivity index (χ0v) is 17.0. The average Bonchev–Trinajstić information content (AvgIpc) is 3.40. The second kappa shape index (κ2) is 8.99. The molecule has 0 radical (unpaired) electrons.